The molecule has 0 radical (unpaired) electrons. The number of aromatic nitrogens is 4. The Morgan fingerprint density at radius 1 is 1.33 bits per heavy atom. The molecular formula is C17H23N5O2. The molecule has 0 unspecified atom stereocenters. The predicted octanol–water partition coefficient (Wildman–Crippen LogP) is 1.90. The lowest BCUT2D eigenvalue weighted by molar-refractivity contribution is 0.0497. The third kappa shape index (κ3) is 3.62. The molecule has 2 aromatic heterocycles. The van der Waals surface area contributed by atoms with Gasteiger partial charge in [0.2, 0.25) is 0 Å². The lowest BCUT2D eigenvalue weighted by Gasteiger charge is -2.30. The van der Waals surface area contributed by atoms with Crippen LogP contribution in [0.1, 0.15) is 47.8 Å². The van der Waals surface area contributed by atoms with Crippen LogP contribution in [0.3, 0.4) is 0 Å². The maximum absolute atomic E-state index is 12.6. The fraction of sp³-hybridized carbons (Fsp3) is 0.529. The van der Waals surface area contributed by atoms with Crippen LogP contribution < -0.4 is 5.32 Å². The Morgan fingerprint density at radius 2 is 2.12 bits per heavy atom. The number of nitrogens with zero attached hydrogens (tertiary/aromatic N) is 4. The fourth-order valence-electron chi connectivity index (χ4n) is 3.03. The van der Waals surface area contributed by atoms with E-state index in [9.17, 15) is 4.79 Å². The Morgan fingerprint density at radius 3 is 2.79 bits per heavy atom. The minimum Gasteiger partial charge on any atom is -0.381 e. The first-order valence-corrected chi connectivity index (χ1v) is 8.37. The van der Waals surface area contributed by atoms with Crippen molar-refractivity contribution in [3.05, 3.63) is 42.0 Å². The second-order valence-corrected chi connectivity index (χ2v) is 6.02. The number of aryl methyl sites for hydroxylation is 2. The van der Waals surface area contributed by atoms with Gasteiger partial charge in [0.15, 0.2) is 0 Å². The number of ether oxygens (including phenoxy) is 1. The summed E-state index contributed by atoms with van der Waals surface area (Å²) in [7, 11) is 0. The highest BCUT2D eigenvalue weighted by molar-refractivity contribution is 5.92. The third-order valence-corrected chi connectivity index (χ3v) is 4.40. The van der Waals surface area contributed by atoms with E-state index in [0.29, 0.717) is 24.8 Å². The molecule has 7 nitrogen and oxygen atoms in total. The summed E-state index contributed by atoms with van der Waals surface area (Å²) >= 11 is 0. The molecule has 1 fully saturated rings. The van der Waals surface area contributed by atoms with Gasteiger partial charge in [0.1, 0.15) is 11.5 Å². The van der Waals surface area contributed by atoms with Crippen LogP contribution in [-0.2, 0) is 11.3 Å². The molecule has 1 amide bonds. The van der Waals surface area contributed by atoms with Gasteiger partial charge in [0.25, 0.3) is 5.91 Å². The van der Waals surface area contributed by atoms with E-state index in [1.807, 2.05) is 13.1 Å². The summed E-state index contributed by atoms with van der Waals surface area (Å²) in [5, 5.41) is 3.12. The highest BCUT2D eigenvalue weighted by Gasteiger charge is 2.30. The Labute approximate surface area is 141 Å². The Bertz CT molecular complexity index is 677. The maximum atomic E-state index is 12.6. The topological polar surface area (TPSA) is 81.9 Å². The molecule has 1 N–H and O–H groups in total. The normalized spacial score (nSPS) is 16.8. The zero-order valence-corrected chi connectivity index (χ0v) is 14.1. The molecule has 1 aliphatic rings. The van der Waals surface area contributed by atoms with Gasteiger partial charge in [0.05, 0.1) is 17.9 Å². The maximum Gasteiger partial charge on any atom is 0.272 e. The Kier molecular flexibility index (Phi) is 5.20. The summed E-state index contributed by atoms with van der Waals surface area (Å²) in [6, 6.07) is -0.153. The van der Waals surface area contributed by atoms with Crippen LogP contribution in [0.2, 0.25) is 0 Å². The largest absolute Gasteiger partial charge is 0.381 e. The fourth-order valence-corrected chi connectivity index (χ4v) is 3.03. The van der Waals surface area contributed by atoms with E-state index < -0.39 is 0 Å². The van der Waals surface area contributed by atoms with E-state index in [0.717, 1.165) is 30.9 Å². The molecule has 0 bridgehead atoms. The number of carbonyl (C=O) groups is 1. The monoisotopic (exact) mass is 329 g/mol. The minimum absolute atomic E-state index is 0.153. The Balaban J connectivity index is 1.84. The van der Waals surface area contributed by atoms with Gasteiger partial charge in [-0.05, 0) is 32.6 Å². The molecule has 128 valence electrons. The van der Waals surface area contributed by atoms with Crippen molar-refractivity contribution in [2.75, 3.05) is 13.2 Å². The third-order valence-electron chi connectivity index (χ3n) is 4.40. The van der Waals surface area contributed by atoms with Crippen molar-refractivity contribution in [3.63, 3.8) is 0 Å². The van der Waals surface area contributed by atoms with Gasteiger partial charge in [-0.25, -0.2) is 9.97 Å². The van der Waals surface area contributed by atoms with Crippen molar-refractivity contribution in [2.45, 2.75) is 39.3 Å². The standard InChI is InChI=1S/C17H23N5O2/c1-3-22-7-6-18-16(22)15(13-4-8-24-9-5-13)21-17(23)14-11-19-12(2)10-20-14/h6-7,10-11,13,15H,3-5,8-9H2,1-2H3,(H,21,23)/t15-/m0/s1. The van der Waals surface area contributed by atoms with E-state index in [-0.39, 0.29) is 11.9 Å². The Hall–Kier alpha value is -2.28. The summed E-state index contributed by atoms with van der Waals surface area (Å²) in [6.07, 6.45) is 8.65. The van der Waals surface area contributed by atoms with E-state index in [1.165, 1.54) is 6.20 Å². The molecule has 0 saturated carbocycles. The van der Waals surface area contributed by atoms with Crippen LogP contribution in [0.4, 0.5) is 0 Å². The molecule has 1 atom stereocenters. The van der Waals surface area contributed by atoms with E-state index in [2.05, 4.69) is 31.8 Å². The van der Waals surface area contributed by atoms with Crippen molar-refractivity contribution in [3.8, 4) is 0 Å². The number of carbonyl (C=O) groups excluding carboxylic acids is 1. The van der Waals surface area contributed by atoms with E-state index in [4.69, 9.17) is 4.74 Å². The van der Waals surface area contributed by atoms with Gasteiger partial charge in [-0.2, -0.15) is 0 Å². The lowest BCUT2D eigenvalue weighted by atomic mass is 9.91. The molecule has 24 heavy (non-hydrogen) atoms. The van der Waals surface area contributed by atoms with Crippen molar-refractivity contribution in [2.24, 2.45) is 5.92 Å². The second kappa shape index (κ2) is 7.53. The summed E-state index contributed by atoms with van der Waals surface area (Å²) in [4.78, 5) is 25.4. The first-order chi connectivity index (χ1) is 11.7. The summed E-state index contributed by atoms with van der Waals surface area (Å²) in [5.74, 6) is 0.969. The molecule has 1 saturated heterocycles. The number of hydrogen-bond acceptors (Lipinski definition) is 5. The molecule has 7 heteroatoms. The van der Waals surface area contributed by atoms with Crippen LogP contribution in [0.5, 0.6) is 0 Å². The molecule has 2 aromatic rings. The number of hydrogen-bond donors (Lipinski definition) is 1. The first kappa shape index (κ1) is 16.6. The smallest absolute Gasteiger partial charge is 0.272 e. The second-order valence-electron chi connectivity index (χ2n) is 6.02. The zero-order chi connectivity index (χ0) is 16.9. The first-order valence-electron chi connectivity index (χ1n) is 8.37. The van der Waals surface area contributed by atoms with Gasteiger partial charge in [-0.3, -0.25) is 9.78 Å². The number of rotatable bonds is 5. The van der Waals surface area contributed by atoms with Gasteiger partial charge in [-0.1, -0.05) is 0 Å². The average molecular weight is 329 g/mol. The molecule has 0 spiro atoms. The number of nitrogens with one attached hydrogen (secondary N) is 1. The quantitative estimate of drug-likeness (QED) is 0.906. The minimum atomic E-state index is -0.218. The zero-order valence-electron chi connectivity index (χ0n) is 14.1. The van der Waals surface area contributed by atoms with Crippen LogP contribution >= 0.6 is 0 Å². The average Bonchev–Trinajstić information content (AvgIpc) is 3.09. The molecule has 3 rings (SSSR count). The molecule has 0 aromatic carbocycles. The van der Waals surface area contributed by atoms with Gasteiger partial charge in [-0.15, -0.1) is 0 Å². The van der Waals surface area contributed by atoms with Crippen molar-refractivity contribution in [1.82, 2.24) is 24.8 Å². The molecule has 0 aliphatic carbocycles. The van der Waals surface area contributed by atoms with Crippen molar-refractivity contribution in [1.29, 1.82) is 0 Å². The summed E-state index contributed by atoms with van der Waals surface area (Å²) in [6.45, 7) is 6.16. The summed E-state index contributed by atoms with van der Waals surface area (Å²) < 4.78 is 7.53. The highest BCUT2D eigenvalue weighted by atomic mass is 16.5. The van der Waals surface area contributed by atoms with Crippen LogP contribution in [-0.4, -0.2) is 38.6 Å². The molecule has 3 heterocycles. The SMILES string of the molecule is CCn1ccnc1[C@@H](NC(=O)c1cnc(C)cn1)C1CCOCC1. The lowest BCUT2D eigenvalue weighted by Crippen LogP contribution is -2.38. The van der Waals surface area contributed by atoms with E-state index in [1.54, 1.807) is 12.4 Å². The highest BCUT2D eigenvalue weighted by Crippen LogP contribution is 2.29. The predicted molar refractivity (Wildman–Crippen MR) is 88.4 cm³/mol. The molecule has 1 aliphatic heterocycles. The van der Waals surface area contributed by atoms with Gasteiger partial charge < -0.3 is 14.6 Å². The van der Waals surface area contributed by atoms with Crippen LogP contribution in [0.15, 0.2) is 24.8 Å². The number of amides is 1. The van der Waals surface area contributed by atoms with Crippen molar-refractivity contribution < 1.29 is 9.53 Å². The summed E-state index contributed by atoms with van der Waals surface area (Å²) in [5.41, 5.74) is 1.11. The van der Waals surface area contributed by atoms with Gasteiger partial charge >= 0.3 is 0 Å². The van der Waals surface area contributed by atoms with Gasteiger partial charge in [0, 0.05) is 38.3 Å². The van der Waals surface area contributed by atoms with E-state index >= 15 is 0 Å². The van der Waals surface area contributed by atoms with Crippen molar-refractivity contribution >= 4 is 5.91 Å². The van der Waals surface area contributed by atoms with Crippen LogP contribution in [0.25, 0.3) is 0 Å². The van der Waals surface area contributed by atoms with Crippen LogP contribution in [0, 0.1) is 12.8 Å². The number of imidazole rings is 1. The molecular weight excluding hydrogens is 306 g/mol.